The Labute approximate surface area is 162 Å². The van der Waals surface area contributed by atoms with Gasteiger partial charge in [0, 0.05) is 32.2 Å². The number of piperazine rings is 1. The van der Waals surface area contributed by atoms with E-state index in [0.29, 0.717) is 5.11 Å². The molecule has 0 radical (unpaired) electrons. The van der Waals surface area contributed by atoms with Gasteiger partial charge in [-0.15, -0.1) is 0 Å². The van der Waals surface area contributed by atoms with Crippen molar-refractivity contribution in [2.45, 2.75) is 58.7 Å². The van der Waals surface area contributed by atoms with Crippen molar-refractivity contribution in [2.24, 2.45) is 0 Å². The Morgan fingerprint density at radius 3 is 2.68 bits per heavy atom. The van der Waals surface area contributed by atoms with Gasteiger partial charge in [-0.2, -0.15) is 0 Å². The summed E-state index contributed by atoms with van der Waals surface area (Å²) in [5.74, 6) is -0.0508. The lowest BCUT2D eigenvalue weighted by Gasteiger charge is -2.55. The highest BCUT2D eigenvalue weighted by molar-refractivity contribution is 7.80. The maximum Gasteiger partial charge on any atom is 0.245 e. The monoisotopic (exact) mass is 385 g/mol. The minimum absolute atomic E-state index is 0.0508. The van der Waals surface area contributed by atoms with Crippen molar-refractivity contribution in [1.29, 1.82) is 0 Å². The van der Waals surface area contributed by atoms with Crippen LogP contribution in [0.2, 0.25) is 0 Å². The summed E-state index contributed by atoms with van der Waals surface area (Å²) in [4.78, 5) is 18.4. The van der Waals surface area contributed by atoms with Crippen LogP contribution in [-0.4, -0.2) is 75.3 Å². The molecular weight excluding hydrogens is 354 g/mol. The predicted octanol–water partition coefficient (Wildman–Crippen LogP) is 1.51. The SMILES string of the molecule is CCCCCN(CC)C(=S)N1CCNC(C)C1(C)N1CC(=O)NC1=S. The molecule has 1 amide bonds. The molecule has 0 aromatic carbocycles. The van der Waals surface area contributed by atoms with Crippen molar-refractivity contribution in [3.63, 3.8) is 0 Å². The van der Waals surface area contributed by atoms with E-state index in [1.54, 1.807) is 0 Å². The van der Waals surface area contributed by atoms with Gasteiger partial charge in [0.05, 0.1) is 0 Å². The molecule has 142 valence electrons. The van der Waals surface area contributed by atoms with Crippen LogP contribution in [0.4, 0.5) is 0 Å². The smallest absolute Gasteiger partial charge is 0.245 e. The van der Waals surface area contributed by atoms with Gasteiger partial charge in [0.15, 0.2) is 10.2 Å². The third kappa shape index (κ3) is 4.06. The summed E-state index contributed by atoms with van der Waals surface area (Å²) >= 11 is 11.3. The Hall–Kier alpha value is -0.990. The van der Waals surface area contributed by atoms with E-state index in [4.69, 9.17) is 24.4 Å². The highest BCUT2D eigenvalue weighted by Gasteiger charge is 2.50. The highest BCUT2D eigenvalue weighted by atomic mass is 32.1. The zero-order valence-corrected chi connectivity index (χ0v) is 17.4. The zero-order valence-electron chi connectivity index (χ0n) is 15.8. The van der Waals surface area contributed by atoms with E-state index in [9.17, 15) is 4.79 Å². The van der Waals surface area contributed by atoms with Crippen LogP contribution in [0.5, 0.6) is 0 Å². The number of hydrogen-bond donors (Lipinski definition) is 2. The molecule has 2 N–H and O–H groups in total. The maximum atomic E-state index is 11.9. The standard InChI is InChI=1S/C17H31N5OS2/c1-5-7-8-10-20(6-2)16(25)21-11-9-18-13(3)17(21,4)22-12-14(23)19-15(22)24/h13,18H,5-12H2,1-4H3,(H,19,23,24). The molecule has 0 bridgehead atoms. The molecule has 2 fully saturated rings. The Morgan fingerprint density at radius 2 is 2.12 bits per heavy atom. The molecule has 0 aromatic rings. The second-order valence-corrected chi connectivity index (χ2v) is 7.68. The highest BCUT2D eigenvalue weighted by Crippen LogP contribution is 2.30. The summed E-state index contributed by atoms with van der Waals surface area (Å²) in [7, 11) is 0. The van der Waals surface area contributed by atoms with Crippen LogP contribution < -0.4 is 10.6 Å². The first-order chi connectivity index (χ1) is 11.9. The van der Waals surface area contributed by atoms with E-state index in [1.807, 2.05) is 4.90 Å². The Bertz CT molecular complexity index is 529. The number of rotatable bonds is 6. The van der Waals surface area contributed by atoms with E-state index in [1.165, 1.54) is 12.8 Å². The van der Waals surface area contributed by atoms with Crippen molar-refractivity contribution in [2.75, 3.05) is 32.7 Å². The number of carbonyl (C=O) groups is 1. The van der Waals surface area contributed by atoms with Crippen LogP contribution >= 0.6 is 24.4 Å². The van der Waals surface area contributed by atoms with Crippen LogP contribution in [0.15, 0.2) is 0 Å². The van der Waals surface area contributed by atoms with Crippen LogP contribution in [-0.2, 0) is 4.79 Å². The normalized spacial score (nSPS) is 26.8. The molecule has 2 heterocycles. The average molecular weight is 386 g/mol. The molecule has 8 heteroatoms. The zero-order chi connectivity index (χ0) is 18.6. The Kier molecular flexibility index (Phi) is 6.99. The summed E-state index contributed by atoms with van der Waals surface area (Å²) < 4.78 is 0. The molecule has 2 atom stereocenters. The number of amides is 1. The van der Waals surface area contributed by atoms with Crippen LogP contribution in [0.1, 0.15) is 47.0 Å². The van der Waals surface area contributed by atoms with Crippen LogP contribution in [0.3, 0.4) is 0 Å². The fraction of sp³-hybridized carbons (Fsp3) is 0.824. The first-order valence-corrected chi connectivity index (χ1v) is 10.1. The lowest BCUT2D eigenvalue weighted by Crippen LogP contribution is -2.74. The average Bonchev–Trinajstić information content (AvgIpc) is 2.92. The number of thiocarbonyl (C=S) groups is 2. The molecule has 0 aromatic heterocycles. The van der Waals surface area contributed by atoms with Gasteiger partial charge >= 0.3 is 0 Å². The molecule has 0 saturated carbocycles. The number of nitrogens with one attached hydrogen (secondary N) is 2. The van der Waals surface area contributed by atoms with Gasteiger partial charge in [0.1, 0.15) is 12.2 Å². The molecule has 2 saturated heterocycles. The van der Waals surface area contributed by atoms with Crippen molar-refractivity contribution < 1.29 is 4.79 Å². The fourth-order valence-electron chi connectivity index (χ4n) is 3.63. The molecule has 2 aliphatic heterocycles. The van der Waals surface area contributed by atoms with Crippen molar-refractivity contribution in [3.8, 4) is 0 Å². The van der Waals surface area contributed by atoms with Crippen molar-refractivity contribution in [3.05, 3.63) is 0 Å². The summed E-state index contributed by atoms with van der Waals surface area (Å²) in [6.45, 7) is 12.4. The lowest BCUT2D eigenvalue weighted by atomic mass is 9.97. The van der Waals surface area contributed by atoms with Crippen LogP contribution in [0, 0.1) is 0 Å². The number of hydrogen-bond acceptors (Lipinski definition) is 4. The Balaban J connectivity index is 2.24. The Morgan fingerprint density at radius 1 is 1.40 bits per heavy atom. The first-order valence-electron chi connectivity index (χ1n) is 9.27. The van der Waals surface area contributed by atoms with Gasteiger partial charge < -0.3 is 25.3 Å². The van der Waals surface area contributed by atoms with Gasteiger partial charge in [0.25, 0.3) is 0 Å². The third-order valence-corrected chi connectivity index (χ3v) is 6.21. The van der Waals surface area contributed by atoms with Crippen molar-refractivity contribution >= 4 is 40.6 Å². The summed E-state index contributed by atoms with van der Waals surface area (Å²) in [5, 5.41) is 7.63. The molecule has 6 nitrogen and oxygen atoms in total. The number of nitrogens with zero attached hydrogens (tertiary/aromatic N) is 3. The van der Waals surface area contributed by atoms with Crippen LogP contribution in [0.25, 0.3) is 0 Å². The minimum Gasteiger partial charge on any atom is -0.349 e. The van der Waals surface area contributed by atoms with Crippen molar-refractivity contribution in [1.82, 2.24) is 25.3 Å². The van der Waals surface area contributed by atoms with E-state index in [-0.39, 0.29) is 18.5 Å². The second kappa shape index (κ2) is 8.60. The molecule has 2 aliphatic rings. The molecule has 2 unspecified atom stereocenters. The number of unbranched alkanes of at least 4 members (excludes halogenated alkanes) is 2. The first kappa shape index (κ1) is 20.3. The van der Waals surface area contributed by atoms with Gasteiger partial charge in [-0.3, -0.25) is 4.79 Å². The molecular formula is C17H31N5OS2. The second-order valence-electron chi connectivity index (χ2n) is 6.93. The quantitative estimate of drug-likeness (QED) is 0.531. The topological polar surface area (TPSA) is 50.9 Å². The number of carbonyl (C=O) groups excluding carboxylic acids is 1. The van der Waals surface area contributed by atoms with Gasteiger partial charge in [-0.25, -0.2) is 0 Å². The summed E-state index contributed by atoms with van der Waals surface area (Å²) in [6, 6.07) is 0.124. The summed E-state index contributed by atoms with van der Waals surface area (Å²) in [6.07, 6.45) is 3.55. The van der Waals surface area contributed by atoms with E-state index in [0.717, 1.165) is 37.7 Å². The van der Waals surface area contributed by atoms with E-state index in [2.05, 4.69) is 48.1 Å². The molecule has 2 rings (SSSR count). The van der Waals surface area contributed by atoms with Gasteiger partial charge in [-0.1, -0.05) is 19.8 Å². The molecule has 25 heavy (non-hydrogen) atoms. The van der Waals surface area contributed by atoms with E-state index >= 15 is 0 Å². The molecule has 0 aliphatic carbocycles. The molecule has 0 spiro atoms. The maximum absolute atomic E-state index is 11.9. The predicted molar refractivity (Wildman–Crippen MR) is 109 cm³/mol. The third-order valence-electron chi connectivity index (χ3n) is 5.41. The summed E-state index contributed by atoms with van der Waals surface area (Å²) in [5.41, 5.74) is -0.468. The van der Waals surface area contributed by atoms with E-state index < -0.39 is 5.66 Å². The van der Waals surface area contributed by atoms with Gasteiger partial charge in [-0.05, 0) is 51.6 Å². The lowest BCUT2D eigenvalue weighted by molar-refractivity contribution is -0.120. The van der Waals surface area contributed by atoms with Gasteiger partial charge in [0.2, 0.25) is 5.91 Å². The fourth-order valence-corrected chi connectivity index (χ4v) is 4.49. The minimum atomic E-state index is -0.468. The largest absolute Gasteiger partial charge is 0.349 e.